The number of rotatable bonds is 7. The molecule has 3 rings (SSSR count). The first-order valence-electron chi connectivity index (χ1n) is 11.1. The fraction of sp³-hybridized carbons (Fsp3) is 0.682. The Bertz CT molecular complexity index is 819. The molecule has 1 aromatic rings. The van der Waals surface area contributed by atoms with Crippen molar-refractivity contribution in [2.75, 3.05) is 16.8 Å². The van der Waals surface area contributed by atoms with Crippen LogP contribution in [0.4, 0.5) is 11.4 Å². The Labute approximate surface area is 175 Å². The minimum absolute atomic E-state index is 0.000163. The topological polar surface area (TPSA) is 78.5 Å². The lowest BCUT2D eigenvalue weighted by molar-refractivity contribution is -0.119. The van der Waals surface area contributed by atoms with Gasteiger partial charge in [-0.1, -0.05) is 19.8 Å². The number of sulfonamides is 1. The molecule has 7 heteroatoms. The molecule has 1 aliphatic heterocycles. The Morgan fingerprint density at radius 1 is 1.17 bits per heavy atom. The van der Waals surface area contributed by atoms with E-state index in [1.807, 2.05) is 26.0 Å². The normalized spacial score (nSPS) is 21.9. The zero-order valence-electron chi connectivity index (χ0n) is 17.9. The van der Waals surface area contributed by atoms with Gasteiger partial charge in [0.15, 0.2) is 0 Å². The molecule has 1 amide bonds. The maximum Gasteiger partial charge on any atom is 0.242 e. The van der Waals surface area contributed by atoms with E-state index in [4.69, 9.17) is 0 Å². The summed E-state index contributed by atoms with van der Waals surface area (Å²) >= 11 is 0. The van der Waals surface area contributed by atoms with Gasteiger partial charge in [0, 0.05) is 30.2 Å². The summed E-state index contributed by atoms with van der Waals surface area (Å²) in [6.07, 6.45) is 7.99. The Morgan fingerprint density at radius 2 is 1.86 bits per heavy atom. The molecule has 0 bridgehead atoms. The van der Waals surface area contributed by atoms with Crippen LogP contribution in [0.3, 0.4) is 0 Å². The van der Waals surface area contributed by atoms with E-state index in [2.05, 4.69) is 21.9 Å². The molecule has 0 unspecified atom stereocenters. The van der Waals surface area contributed by atoms with Gasteiger partial charge in [0.2, 0.25) is 15.9 Å². The van der Waals surface area contributed by atoms with Gasteiger partial charge < -0.3 is 10.2 Å². The van der Waals surface area contributed by atoms with Crippen LogP contribution in [0.25, 0.3) is 0 Å². The van der Waals surface area contributed by atoms with E-state index in [1.165, 1.54) is 6.42 Å². The van der Waals surface area contributed by atoms with Gasteiger partial charge in [0.1, 0.15) is 4.90 Å². The molecule has 2 atom stereocenters. The summed E-state index contributed by atoms with van der Waals surface area (Å²) in [7, 11) is -3.70. The molecule has 2 fully saturated rings. The second-order valence-electron chi connectivity index (χ2n) is 8.62. The molecule has 1 saturated carbocycles. The quantitative estimate of drug-likeness (QED) is 0.689. The lowest BCUT2D eigenvalue weighted by Gasteiger charge is -2.36. The third kappa shape index (κ3) is 5.31. The summed E-state index contributed by atoms with van der Waals surface area (Å²) in [6.45, 7) is 6.82. The van der Waals surface area contributed by atoms with Crippen molar-refractivity contribution in [3.8, 4) is 0 Å². The van der Waals surface area contributed by atoms with Crippen LogP contribution in [0.5, 0.6) is 0 Å². The molecule has 1 saturated heterocycles. The van der Waals surface area contributed by atoms with Crippen molar-refractivity contribution >= 4 is 27.3 Å². The Balaban J connectivity index is 1.94. The molecule has 162 valence electrons. The highest BCUT2D eigenvalue weighted by molar-refractivity contribution is 7.89. The molecule has 1 aromatic carbocycles. The first kappa shape index (κ1) is 22.1. The largest absolute Gasteiger partial charge is 0.368 e. The second kappa shape index (κ2) is 9.47. The molecule has 29 heavy (non-hydrogen) atoms. The second-order valence-corrected chi connectivity index (χ2v) is 10.3. The fourth-order valence-electron chi connectivity index (χ4n) is 4.34. The number of anilines is 2. The van der Waals surface area contributed by atoms with E-state index >= 15 is 0 Å². The number of hydrogen-bond donors (Lipinski definition) is 2. The van der Waals surface area contributed by atoms with Crippen molar-refractivity contribution in [2.24, 2.45) is 5.92 Å². The average Bonchev–Trinajstić information content (AvgIpc) is 3.23. The number of nitrogens with zero attached hydrogens (tertiary/aromatic N) is 1. The zero-order chi connectivity index (χ0) is 21.0. The number of piperidine rings is 1. The molecular formula is C22H35N3O3S. The predicted molar refractivity (Wildman–Crippen MR) is 118 cm³/mol. The maximum absolute atomic E-state index is 13.2. The van der Waals surface area contributed by atoms with Crippen LogP contribution in [0, 0.1) is 5.92 Å². The van der Waals surface area contributed by atoms with Gasteiger partial charge in [-0.25, -0.2) is 13.1 Å². The number of carbonyl (C=O) groups excluding carboxylic acids is 1. The van der Waals surface area contributed by atoms with Crippen molar-refractivity contribution in [3.63, 3.8) is 0 Å². The molecule has 2 N–H and O–H groups in total. The molecule has 0 aromatic heterocycles. The predicted octanol–water partition coefficient (Wildman–Crippen LogP) is 4.27. The van der Waals surface area contributed by atoms with Crippen LogP contribution in [0.15, 0.2) is 23.1 Å². The van der Waals surface area contributed by atoms with Crippen molar-refractivity contribution in [3.05, 3.63) is 18.2 Å². The molecule has 6 nitrogen and oxygen atoms in total. The Morgan fingerprint density at radius 3 is 2.52 bits per heavy atom. The highest BCUT2D eigenvalue weighted by Gasteiger charge is 2.28. The molecule has 0 spiro atoms. The third-order valence-electron chi connectivity index (χ3n) is 6.32. The summed E-state index contributed by atoms with van der Waals surface area (Å²) in [5.74, 6) is 0.0370. The first-order chi connectivity index (χ1) is 13.8. The van der Waals surface area contributed by atoms with E-state index in [0.29, 0.717) is 18.2 Å². The number of nitrogens with one attached hydrogen (secondary N) is 2. The van der Waals surface area contributed by atoms with E-state index in [9.17, 15) is 13.2 Å². The van der Waals surface area contributed by atoms with Gasteiger partial charge in [-0.2, -0.15) is 0 Å². The first-order valence-corrected chi connectivity index (χ1v) is 12.5. The fourth-order valence-corrected chi connectivity index (χ4v) is 5.91. The number of carbonyl (C=O) groups is 1. The van der Waals surface area contributed by atoms with Crippen molar-refractivity contribution in [1.82, 2.24) is 4.72 Å². The van der Waals surface area contributed by atoms with Crippen LogP contribution < -0.4 is 14.9 Å². The van der Waals surface area contributed by atoms with Crippen LogP contribution in [0.2, 0.25) is 0 Å². The Kier molecular flexibility index (Phi) is 7.22. The smallest absolute Gasteiger partial charge is 0.242 e. The molecular weight excluding hydrogens is 386 g/mol. The third-order valence-corrected chi connectivity index (χ3v) is 7.94. The van der Waals surface area contributed by atoms with Crippen LogP contribution in [0.1, 0.15) is 72.1 Å². The van der Waals surface area contributed by atoms with Crippen LogP contribution >= 0.6 is 0 Å². The highest BCUT2D eigenvalue weighted by Crippen LogP contribution is 2.34. The van der Waals surface area contributed by atoms with Gasteiger partial charge >= 0.3 is 0 Å². The number of benzene rings is 1. The highest BCUT2D eigenvalue weighted by atomic mass is 32.2. The molecule has 2 aliphatic rings. The molecule has 0 radical (unpaired) electrons. The summed E-state index contributed by atoms with van der Waals surface area (Å²) < 4.78 is 29.2. The summed E-state index contributed by atoms with van der Waals surface area (Å²) in [4.78, 5) is 15.0. The summed E-state index contributed by atoms with van der Waals surface area (Å²) in [5.41, 5.74) is 1.28. The van der Waals surface area contributed by atoms with E-state index < -0.39 is 10.0 Å². The minimum Gasteiger partial charge on any atom is -0.368 e. The van der Waals surface area contributed by atoms with Gasteiger partial charge in [0.25, 0.3) is 0 Å². The standard InChI is InChI=1S/C22H35N3O3S/c1-4-16(2)24-29(27,28)21-15-19(23-22(26)18-10-5-6-11-18)12-13-20(21)25-14-8-7-9-17(25)3/h12-13,15-18,24H,4-11,14H2,1-3H3,(H,23,26)/t16-,17+/m0/s1. The number of amides is 1. The van der Waals surface area contributed by atoms with Crippen molar-refractivity contribution in [2.45, 2.75) is 89.1 Å². The van der Waals surface area contributed by atoms with E-state index in [1.54, 1.807) is 6.07 Å². The monoisotopic (exact) mass is 421 g/mol. The van der Waals surface area contributed by atoms with Gasteiger partial charge in [-0.05, 0) is 70.6 Å². The van der Waals surface area contributed by atoms with Crippen molar-refractivity contribution in [1.29, 1.82) is 0 Å². The van der Waals surface area contributed by atoms with E-state index in [0.717, 1.165) is 50.8 Å². The molecule has 1 aliphatic carbocycles. The van der Waals surface area contributed by atoms with Crippen LogP contribution in [-0.2, 0) is 14.8 Å². The lowest BCUT2D eigenvalue weighted by atomic mass is 10.0. The van der Waals surface area contributed by atoms with Gasteiger partial charge in [-0.3, -0.25) is 4.79 Å². The maximum atomic E-state index is 13.2. The van der Waals surface area contributed by atoms with Gasteiger partial charge in [-0.15, -0.1) is 0 Å². The summed E-state index contributed by atoms with van der Waals surface area (Å²) in [5, 5.41) is 2.96. The minimum atomic E-state index is -3.70. The van der Waals surface area contributed by atoms with E-state index in [-0.39, 0.29) is 22.8 Å². The average molecular weight is 422 g/mol. The van der Waals surface area contributed by atoms with Gasteiger partial charge in [0.05, 0.1) is 5.69 Å². The van der Waals surface area contributed by atoms with Crippen LogP contribution in [-0.4, -0.2) is 33.0 Å². The summed E-state index contributed by atoms with van der Waals surface area (Å²) in [6, 6.07) is 5.47. The van der Waals surface area contributed by atoms with Crippen molar-refractivity contribution < 1.29 is 13.2 Å². The lowest BCUT2D eigenvalue weighted by Crippen LogP contribution is -2.39. The number of hydrogen-bond acceptors (Lipinski definition) is 4. The SMILES string of the molecule is CC[C@H](C)NS(=O)(=O)c1cc(NC(=O)C2CCCC2)ccc1N1CCCC[C@H]1C. The Hall–Kier alpha value is -1.60. The molecule has 1 heterocycles. The zero-order valence-corrected chi connectivity index (χ0v) is 18.7.